The molecule has 0 aromatic heterocycles. The summed E-state index contributed by atoms with van der Waals surface area (Å²) < 4.78 is 0. The predicted molar refractivity (Wildman–Crippen MR) is 35.6 cm³/mol. The van der Waals surface area contributed by atoms with Crippen molar-refractivity contribution in [1.29, 1.82) is 0 Å². The van der Waals surface area contributed by atoms with Crippen LogP contribution in [-0.4, -0.2) is 28.9 Å². The van der Waals surface area contributed by atoms with E-state index in [1.807, 2.05) is 6.26 Å². The molecule has 0 aliphatic rings. The highest BCUT2D eigenvalue weighted by atomic mass is 32.2. The third-order valence-corrected chi connectivity index (χ3v) is 1.38. The molecule has 4 heteroatoms. The van der Waals surface area contributed by atoms with Crippen LogP contribution in [0.4, 0.5) is 0 Å². The van der Waals surface area contributed by atoms with Crippen LogP contribution in [0.1, 0.15) is 6.42 Å². The lowest BCUT2D eigenvalue weighted by Crippen LogP contribution is -2.12. The van der Waals surface area contributed by atoms with Gasteiger partial charge < -0.3 is 5.11 Å². The van der Waals surface area contributed by atoms with Gasteiger partial charge in [-0.2, -0.15) is 11.8 Å². The number of thioether (sulfide) groups is 1. The average molecular weight is 149 g/mol. The zero-order valence-electron chi connectivity index (χ0n) is 5.09. The highest BCUT2D eigenvalue weighted by Gasteiger charge is 2.08. The van der Waals surface area contributed by atoms with Gasteiger partial charge in [0, 0.05) is 12.2 Å². The maximum atomic E-state index is 10.3. The molecule has 0 bridgehead atoms. The first-order valence-electron chi connectivity index (χ1n) is 2.43. The van der Waals surface area contributed by atoms with Crippen LogP contribution < -0.4 is 0 Å². The summed E-state index contributed by atoms with van der Waals surface area (Å²) in [6.07, 6.45) is 1.96. The molecule has 0 saturated carbocycles. The minimum atomic E-state index is -1.33. The molecule has 0 aromatic carbocycles. The Bertz CT molecular complexity index is 121. The van der Waals surface area contributed by atoms with Gasteiger partial charge in [0.05, 0.1) is 0 Å². The summed E-state index contributed by atoms with van der Waals surface area (Å²) in [7, 11) is 0. The molecule has 0 radical (unpaired) electrons. The van der Waals surface area contributed by atoms with Crippen molar-refractivity contribution >= 4 is 23.5 Å². The number of carbonyl (C=O) groups is 2. The molecule has 3 nitrogen and oxygen atoms in total. The second-order valence-electron chi connectivity index (χ2n) is 1.47. The molecule has 9 heavy (non-hydrogen) atoms. The molecule has 0 spiro atoms. The summed E-state index contributed by atoms with van der Waals surface area (Å²) in [6.45, 7) is 0. The molecule has 0 aliphatic heterocycles. The van der Waals surface area contributed by atoms with Gasteiger partial charge in [-0.3, -0.25) is 4.79 Å². The van der Waals surface area contributed by atoms with Crippen molar-refractivity contribution in [2.75, 3.05) is 12.0 Å². The molecule has 0 aliphatic carbocycles. The summed E-state index contributed by atoms with van der Waals surface area (Å²) in [5.74, 6) is -1.45. The minimum Gasteiger partial charge on any atom is -0.476 e. The maximum Gasteiger partial charge on any atom is 0.372 e. The number of aliphatic carboxylic acids is 1. The lowest BCUT2D eigenvalue weighted by molar-refractivity contribution is -0.148. The van der Waals surface area contributed by atoms with Crippen molar-refractivity contribution in [3.05, 3.63) is 0 Å². The van der Waals surface area contributed by atoms with Gasteiger partial charge in [-0.05, 0) is 6.26 Å². The summed E-state index contributed by atoms with van der Waals surface area (Å²) >= 11 is 1.46. The van der Waals surface area contributed by atoms with E-state index >= 15 is 0 Å². The Balaban J connectivity index is 3.39. The van der Waals surface area contributed by atoms with Crippen LogP contribution in [0.3, 0.4) is 0 Å². The summed E-state index contributed by atoms with van der Waals surface area (Å²) in [5, 5.41) is 8.05. The standard InChI is InChI=1S/C5H8O3S/c1-9-3-2-4(6)5(7)8/h2-3H2,1H3,(H,7,8)/i1+1. The summed E-state index contributed by atoms with van der Waals surface area (Å²) in [5.41, 5.74) is 0. The first kappa shape index (κ1) is 8.49. The lowest BCUT2D eigenvalue weighted by atomic mass is 10.3. The van der Waals surface area contributed by atoms with E-state index in [0.717, 1.165) is 0 Å². The summed E-state index contributed by atoms with van der Waals surface area (Å²) in [4.78, 5) is 20.1. The lowest BCUT2D eigenvalue weighted by Gasteiger charge is -1.89. The molecule has 0 aromatic rings. The molecule has 0 fully saturated rings. The molecule has 0 amide bonds. The average Bonchev–Trinajstić information content (AvgIpc) is 1.82. The topological polar surface area (TPSA) is 54.4 Å². The Morgan fingerprint density at radius 3 is 2.44 bits per heavy atom. The van der Waals surface area contributed by atoms with Crippen LogP contribution in [0.15, 0.2) is 0 Å². The molecule has 52 valence electrons. The molecule has 0 saturated heterocycles. The number of Topliss-reactive ketones (excluding diaryl/α,β-unsaturated/α-hetero) is 1. The fraction of sp³-hybridized carbons (Fsp3) is 0.600. The first-order chi connectivity index (χ1) is 4.18. The number of hydrogen-bond donors (Lipinski definition) is 1. The highest BCUT2D eigenvalue weighted by molar-refractivity contribution is 7.98. The number of carboxylic acids is 1. The van der Waals surface area contributed by atoms with Crippen molar-refractivity contribution in [3.63, 3.8) is 0 Å². The van der Waals surface area contributed by atoms with E-state index in [0.29, 0.717) is 5.75 Å². The Hall–Kier alpha value is -0.510. The fourth-order valence-electron chi connectivity index (χ4n) is 0.302. The van der Waals surface area contributed by atoms with Gasteiger partial charge in [-0.25, -0.2) is 4.79 Å². The first-order valence-corrected chi connectivity index (χ1v) is 3.83. The molecule has 0 heterocycles. The van der Waals surface area contributed by atoms with Gasteiger partial charge in [-0.15, -0.1) is 0 Å². The molecular formula is C5H8O3S. The van der Waals surface area contributed by atoms with Crippen molar-refractivity contribution in [2.45, 2.75) is 6.42 Å². The van der Waals surface area contributed by atoms with Gasteiger partial charge in [-0.1, -0.05) is 0 Å². The third kappa shape index (κ3) is 4.02. The second kappa shape index (κ2) is 4.38. The van der Waals surface area contributed by atoms with Gasteiger partial charge in [0.2, 0.25) is 5.78 Å². The summed E-state index contributed by atoms with van der Waals surface area (Å²) in [6, 6.07) is 0. The van der Waals surface area contributed by atoms with E-state index < -0.39 is 11.8 Å². The number of carboxylic acid groups (broad SMARTS) is 1. The molecule has 1 N–H and O–H groups in total. The zero-order chi connectivity index (χ0) is 7.28. The number of hydrogen-bond acceptors (Lipinski definition) is 3. The van der Waals surface area contributed by atoms with Gasteiger partial charge in [0.25, 0.3) is 0 Å². The second-order valence-corrected chi connectivity index (χ2v) is 2.46. The van der Waals surface area contributed by atoms with Gasteiger partial charge in [0.15, 0.2) is 0 Å². The van der Waals surface area contributed by atoms with Gasteiger partial charge >= 0.3 is 5.97 Å². The maximum absolute atomic E-state index is 10.3. The number of ketones is 1. The van der Waals surface area contributed by atoms with Crippen LogP contribution in [0, 0.1) is 0 Å². The van der Waals surface area contributed by atoms with E-state index in [2.05, 4.69) is 0 Å². The van der Waals surface area contributed by atoms with Crippen molar-refractivity contribution in [3.8, 4) is 0 Å². The van der Waals surface area contributed by atoms with Crippen molar-refractivity contribution in [1.82, 2.24) is 0 Å². The molecular weight excluding hydrogens is 141 g/mol. The monoisotopic (exact) mass is 149 g/mol. The Morgan fingerprint density at radius 2 is 2.11 bits per heavy atom. The Kier molecular flexibility index (Phi) is 4.13. The van der Waals surface area contributed by atoms with E-state index in [1.165, 1.54) is 11.8 Å². The zero-order valence-corrected chi connectivity index (χ0v) is 5.90. The van der Waals surface area contributed by atoms with E-state index in [-0.39, 0.29) is 6.42 Å². The Morgan fingerprint density at radius 1 is 1.56 bits per heavy atom. The predicted octanol–water partition coefficient (Wildman–Crippen LogP) is 0.393. The van der Waals surface area contributed by atoms with Crippen LogP contribution >= 0.6 is 11.8 Å². The highest BCUT2D eigenvalue weighted by Crippen LogP contribution is 1.95. The van der Waals surface area contributed by atoms with Crippen LogP contribution in [0.25, 0.3) is 0 Å². The fourth-order valence-corrected chi connectivity index (χ4v) is 0.691. The largest absolute Gasteiger partial charge is 0.476 e. The number of carbonyl (C=O) groups excluding carboxylic acids is 1. The van der Waals surface area contributed by atoms with E-state index in [1.54, 1.807) is 0 Å². The third-order valence-electron chi connectivity index (χ3n) is 0.772. The van der Waals surface area contributed by atoms with E-state index in [9.17, 15) is 9.59 Å². The normalized spacial score (nSPS) is 9.00. The minimum absolute atomic E-state index is 0.135. The van der Waals surface area contributed by atoms with Crippen LogP contribution in [0.2, 0.25) is 0 Å². The SMILES string of the molecule is [13CH3]SCCC(=O)C(=O)O. The number of rotatable bonds is 4. The van der Waals surface area contributed by atoms with Crippen LogP contribution in [-0.2, 0) is 9.59 Å². The van der Waals surface area contributed by atoms with Crippen molar-refractivity contribution in [2.24, 2.45) is 0 Å². The van der Waals surface area contributed by atoms with Crippen molar-refractivity contribution < 1.29 is 14.7 Å². The van der Waals surface area contributed by atoms with Gasteiger partial charge in [0.1, 0.15) is 0 Å². The van der Waals surface area contributed by atoms with Crippen LogP contribution in [0.5, 0.6) is 0 Å². The molecule has 0 unspecified atom stereocenters. The molecule has 0 atom stereocenters. The Labute approximate surface area is 57.4 Å². The molecule has 0 rings (SSSR count). The van der Waals surface area contributed by atoms with E-state index in [4.69, 9.17) is 5.11 Å². The quantitative estimate of drug-likeness (QED) is 0.464. The smallest absolute Gasteiger partial charge is 0.372 e.